The molecule has 0 atom stereocenters. The number of nitrogens with zero attached hydrogens (tertiary/aromatic N) is 1. The number of rotatable bonds is 8. The van der Waals surface area contributed by atoms with Crippen LogP contribution in [0.2, 0.25) is 0 Å². The molecule has 1 aliphatic rings. The average Bonchev–Trinajstić information content (AvgIpc) is 2.94. The van der Waals surface area contributed by atoms with E-state index in [2.05, 4.69) is 16.0 Å². The quantitative estimate of drug-likeness (QED) is 0.590. The number of nitrogens with one attached hydrogen (secondary N) is 1. The SMILES string of the molecule is CCOC(=O)C(C)(C)CCCCCN1CCc2[nH]ccc2C1. The van der Waals surface area contributed by atoms with Gasteiger partial charge in [0.15, 0.2) is 0 Å². The van der Waals surface area contributed by atoms with Gasteiger partial charge in [-0.1, -0.05) is 12.8 Å². The Morgan fingerprint density at radius 1 is 1.36 bits per heavy atom. The highest BCUT2D eigenvalue weighted by atomic mass is 16.5. The highest BCUT2D eigenvalue weighted by Crippen LogP contribution is 2.25. The van der Waals surface area contributed by atoms with Crippen LogP contribution in [-0.4, -0.2) is 35.5 Å². The summed E-state index contributed by atoms with van der Waals surface area (Å²) in [5.41, 5.74) is 2.52. The van der Waals surface area contributed by atoms with Gasteiger partial charge in [-0.05, 0) is 51.8 Å². The third-order valence-electron chi connectivity index (χ3n) is 4.61. The zero-order chi connectivity index (χ0) is 16.0. The van der Waals surface area contributed by atoms with Gasteiger partial charge in [0.2, 0.25) is 0 Å². The van der Waals surface area contributed by atoms with E-state index in [1.54, 1.807) is 0 Å². The van der Waals surface area contributed by atoms with E-state index in [4.69, 9.17) is 4.74 Å². The first-order valence-corrected chi connectivity index (χ1v) is 8.57. The predicted molar refractivity (Wildman–Crippen MR) is 88.7 cm³/mol. The molecule has 0 saturated carbocycles. The lowest BCUT2D eigenvalue weighted by Crippen LogP contribution is -2.31. The van der Waals surface area contributed by atoms with Crippen LogP contribution < -0.4 is 0 Å². The second-order valence-electron chi connectivity index (χ2n) is 6.92. The predicted octanol–water partition coefficient (Wildman–Crippen LogP) is 3.52. The molecular formula is C18H30N2O2. The molecule has 124 valence electrons. The third-order valence-corrected chi connectivity index (χ3v) is 4.61. The van der Waals surface area contributed by atoms with Crippen molar-refractivity contribution in [2.75, 3.05) is 19.7 Å². The molecule has 1 aromatic rings. The number of carbonyl (C=O) groups excluding carboxylic acids is 1. The fourth-order valence-corrected chi connectivity index (χ4v) is 3.11. The number of aromatic amines is 1. The standard InChI is InChI=1S/C18H30N2O2/c1-4-22-17(21)18(2,3)10-6-5-7-12-20-13-9-16-15(14-20)8-11-19-16/h8,11,19H,4-7,9-10,12-14H2,1-3H3. The van der Waals surface area contributed by atoms with Gasteiger partial charge < -0.3 is 9.72 Å². The molecular weight excluding hydrogens is 276 g/mol. The monoisotopic (exact) mass is 306 g/mol. The molecule has 0 saturated heterocycles. The summed E-state index contributed by atoms with van der Waals surface area (Å²) in [6.07, 6.45) is 7.57. The minimum atomic E-state index is -0.346. The van der Waals surface area contributed by atoms with E-state index in [9.17, 15) is 4.79 Å². The highest BCUT2D eigenvalue weighted by molar-refractivity contribution is 5.75. The van der Waals surface area contributed by atoms with E-state index in [-0.39, 0.29) is 11.4 Å². The Hall–Kier alpha value is -1.29. The third kappa shape index (κ3) is 4.60. The Labute approximate surface area is 134 Å². The number of hydrogen-bond acceptors (Lipinski definition) is 3. The van der Waals surface area contributed by atoms with Crippen molar-refractivity contribution < 1.29 is 9.53 Å². The molecule has 0 unspecified atom stereocenters. The lowest BCUT2D eigenvalue weighted by Gasteiger charge is -2.27. The van der Waals surface area contributed by atoms with E-state index in [0.717, 1.165) is 38.9 Å². The number of carbonyl (C=O) groups is 1. The zero-order valence-electron chi connectivity index (χ0n) is 14.3. The van der Waals surface area contributed by atoms with Crippen LogP contribution >= 0.6 is 0 Å². The molecule has 4 heteroatoms. The maximum absolute atomic E-state index is 11.8. The van der Waals surface area contributed by atoms with Gasteiger partial charge >= 0.3 is 5.97 Å². The van der Waals surface area contributed by atoms with Crippen LogP contribution in [0.1, 0.15) is 57.7 Å². The van der Waals surface area contributed by atoms with Crippen molar-refractivity contribution in [3.05, 3.63) is 23.5 Å². The van der Waals surface area contributed by atoms with Gasteiger partial charge in [0.1, 0.15) is 0 Å². The van der Waals surface area contributed by atoms with E-state index in [0.29, 0.717) is 6.61 Å². The first kappa shape index (κ1) is 17.1. The number of hydrogen-bond donors (Lipinski definition) is 1. The molecule has 1 N–H and O–H groups in total. The van der Waals surface area contributed by atoms with E-state index in [1.165, 1.54) is 24.1 Å². The minimum Gasteiger partial charge on any atom is -0.466 e. The largest absolute Gasteiger partial charge is 0.466 e. The summed E-state index contributed by atoms with van der Waals surface area (Å²) in [4.78, 5) is 17.7. The van der Waals surface area contributed by atoms with Crippen LogP contribution in [0, 0.1) is 5.41 Å². The van der Waals surface area contributed by atoms with Crippen LogP contribution in [0.15, 0.2) is 12.3 Å². The number of unbranched alkanes of at least 4 members (excludes halogenated alkanes) is 2. The summed E-state index contributed by atoms with van der Waals surface area (Å²) in [5.74, 6) is -0.0639. The van der Waals surface area contributed by atoms with Gasteiger partial charge in [0, 0.05) is 31.4 Å². The summed E-state index contributed by atoms with van der Waals surface area (Å²) in [6.45, 7) is 9.70. The number of H-pyrrole nitrogens is 1. The first-order chi connectivity index (χ1) is 10.5. The summed E-state index contributed by atoms with van der Waals surface area (Å²) in [7, 11) is 0. The molecule has 0 bridgehead atoms. The Morgan fingerprint density at radius 3 is 2.95 bits per heavy atom. The van der Waals surface area contributed by atoms with Gasteiger partial charge in [-0.25, -0.2) is 0 Å². The molecule has 1 aliphatic heterocycles. The lowest BCUT2D eigenvalue weighted by atomic mass is 9.87. The zero-order valence-corrected chi connectivity index (χ0v) is 14.3. The molecule has 22 heavy (non-hydrogen) atoms. The van der Waals surface area contributed by atoms with Crippen molar-refractivity contribution in [1.82, 2.24) is 9.88 Å². The maximum Gasteiger partial charge on any atom is 0.311 e. The Balaban J connectivity index is 1.61. The fourth-order valence-electron chi connectivity index (χ4n) is 3.11. The summed E-state index contributed by atoms with van der Waals surface area (Å²) in [6, 6.07) is 2.20. The molecule has 2 rings (SSSR count). The Morgan fingerprint density at radius 2 is 2.18 bits per heavy atom. The molecule has 0 aromatic carbocycles. The number of fused-ring (bicyclic) bond motifs is 1. The van der Waals surface area contributed by atoms with Crippen molar-refractivity contribution in [3.8, 4) is 0 Å². The molecule has 2 heterocycles. The number of ether oxygens (including phenoxy) is 1. The van der Waals surface area contributed by atoms with Crippen LogP contribution in [0.4, 0.5) is 0 Å². The van der Waals surface area contributed by atoms with Gasteiger partial charge in [0.25, 0.3) is 0 Å². The molecule has 0 radical (unpaired) electrons. The van der Waals surface area contributed by atoms with Crippen LogP contribution in [-0.2, 0) is 22.5 Å². The van der Waals surface area contributed by atoms with Crippen molar-refractivity contribution in [1.29, 1.82) is 0 Å². The molecule has 0 amide bonds. The minimum absolute atomic E-state index is 0.0639. The van der Waals surface area contributed by atoms with Crippen LogP contribution in [0.5, 0.6) is 0 Å². The van der Waals surface area contributed by atoms with Crippen LogP contribution in [0.3, 0.4) is 0 Å². The van der Waals surface area contributed by atoms with Crippen molar-refractivity contribution in [2.45, 2.75) is 59.4 Å². The topological polar surface area (TPSA) is 45.3 Å². The lowest BCUT2D eigenvalue weighted by molar-refractivity contribution is -0.153. The number of esters is 1. The second kappa shape index (κ2) is 7.82. The first-order valence-electron chi connectivity index (χ1n) is 8.57. The van der Waals surface area contributed by atoms with Gasteiger partial charge in [-0.3, -0.25) is 9.69 Å². The highest BCUT2D eigenvalue weighted by Gasteiger charge is 2.28. The van der Waals surface area contributed by atoms with E-state index >= 15 is 0 Å². The average molecular weight is 306 g/mol. The maximum atomic E-state index is 11.8. The van der Waals surface area contributed by atoms with Crippen molar-refractivity contribution >= 4 is 5.97 Å². The summed E-state index contributed by atoms with van der Waals surface area (Å²) >= 11 is 0. The van der Waals surface area contributed by atoms with Gasteiger partial charge in [0.05, 0.1) is 12.0 Å². The normalized spacial score (nSPS) is 15.6. The Kier molecular flexibility index (Phi) is 6.07. The van der Waals surface area contributed by atoms with E-state index < -0.39 is 0 Å². The smallest absolute Gasteiger partial charge is 0.311 e. The number of aromatic nitrogens is 1. The molecule has 0 fully saturated rings. The van der Waals surface area contributed by atoms with Crippen molar-refractivity contribution in [2.24, 2.45) is 5.41 Å². The van der Waals surface area contributed by atoms with E-state index in [1.807, 2.05) is 27.0 Å². The second-order valence-corrected chi connectivity index (χ2v) is 6.92. The molecule has 4 nitrogen and oxygen atoms in total. The molecule has 0 aliphatic carbocycles. The Bertz CT molecular complexity index is 479. The van der Waals surface area contributed by atoms with Crippen LogP contribution in [0.25, 0.3) is 0 Å². The molecule has 0 spiro atoms. The van der Waals surface area contributed by atoms with Gasteiger partial charge in [-0.2, -0.15) is 0 Å². The summed E-state index contributed by atoms with van der Waals surface area (Å²) in [5, 5.41) is 0. The van der Waals surface area contributed by atoms with Crippen molar-refractivity contribution in [3.63, 3.8) is 0 Å². The fraction of sp³-hybridized carbons (Fsp3) is 0.722. The molecule has 1 aromatic heterocycles. The summed E-state index contributed by atoms with van der Waals surface area (Å²) < 4.78 is 5.13. The van der Waals surface area contributed by atoms with Gasteiger partial charge in [-0.15, -0.1) is 0 Å².